The van der Waals surface area contributed by atoms with E-state index in [0.717, 1.165) is 23.6 Å². The van der Waals surface area contributed by atoms with E-state index in [9.17, 15) is 27.4 Å². The van der Waals surface area contributed by atoms with Crippen molar-refractivity contribution in [1.29, 1.82) is 0 Å². The largest absolute Gasteiger partial charge is 1.00 e. The van der Waals surface area contributed by atoms with Crippen LogP contribution in [0.1, 0.15) is 5.56 Å². The number of carbonyl (C=O) groups is 3. The molecule has 1 aromatic carbocycles. The van der Waals surface area contributed by atoms with Gasteiger partial charge in [-0.15, -0.1) is 0 Å². The molecule has 0 spiro atoms. The normalized spacial score (nSPS) is 22.2. The van der Waals surface area contributed by atoms with Crippen molar-refractivity contribution in [2.75, 3.05) is 13.7 Å². The molecule has 0 aromatic heterocycles. The average molecular weight is 418 g/mol. The van der Waals surface area contributed by atoms with Crippen LogP contribution in [0.4, 0.5) is 4.79 Å². The van der Waals surface area contributed by atoms with E-state index in [0.29, 0.717) is 0 Å². The fraction of sp³-hybridized carbons (Fsp3) is 0.312. The van der Waals surface area contributed by atoms with Gasteiger partial charge >= 0.3 is 41.6 Å². The molecule has 2 heterocycles. The third-order valence-electron chi connectivity index (χ3n) is 4.28. The molecular formula is C16H15N2NaO8S. The van der Waals surface area contributed by atoms with E-state index in [1.54, 1.807) is 30.3 Å². The van der Waals surface area contributed by atoms with Gasteiger partial charge in [0.2, 0.25) is 0 Å². The predicted molar refractivity (Wildman–Crippen MR) is 87.6 cm³/mol. The van der Waals surface area contributed by atoms with E-state index < -0.39 is 40.4 Å². The Hall–Kier alpha value is -1.92. The van der Waals surface area contributed by atoms with Gasteiger partial charge in [-0.05, 0) is 11.1 Å². The molecule has 2 amide bonds. The molecule has 0 unspecified atom stereocenters. The summed E-state index contributed by atoms with van der Waals surface area (Å²) in [7, 11) is -3.97. The van der Waals surface area contributed by atoms with Gasteiger partial charge in [-0.25, -0.2) is 22.3 Å². The Morgan fingerprint density at radius 2 is 1.89 bits per heavy atom. The van der Waals surface area contributed by atoms with Gasteiger partial charge in [-0.2, -0.15) is 0 Å². The number of likely N-dealkylation sites (tertiary alicyclic amines) is 1. The van der Waals surface area contributed by atoms with Crippen LogP contribution in [-0.4, -0.2) is 65.9 Å². The van der Waals surface area contributed by atoms with Crippen molar-refractivity contribution in [2.24, 2.45) is 0 Å². The van der Waals surface area contributed by atoms with Crippen LogP contribution in [0.15, 0.2) is 42.0 Å². The molecule has 2 aliphatic heterocycles. The summed E-state index contributed by atoms with van der Waals surface area (Å²) in [6.07, 6.45) is 0.102. The molecule has 2 atom stereocenters. The Balaban J connectivity index is 0.00000280. The van der Waals surface area contributed by atoms with Gasteiger partial charge in [-0.3, -0.25) is 9.69 Å². The van der Waals surface area contributed by atoms with Crippen molar-refractivity contribution in [2.45, 2.75) is 18.7 Å². The second-order valence-electron chi connectivity index (χ2n) is 5.89. The minimum atomic E-state index is -5.09. The molecule has 2 aliphatic rings. The second-order valence-corrected chi connectivity index (χ2v) is 7.14. The van der Waals surface area contributed by atoms with Crippen LogP contribution in [0.3, 0.4) is 0 Å². The van der Waals surface area contributed by atoms with E-state index in [2.05, 4.69) is 4.74 Å². The Morgan fingerprint density at radius 3 is 2.46 bits per heavy atom. The fourth-order valence-corrected chi connectivity index (χ4v) is 3.92. The van der Waals surface area contributed by atoms with Gasteiger partial charge in [0.05, 0.1) is 13.2 Å². The average Bonchev–Trinajstić information content (AvgIpc) is 2.92. The topological polar surface area (TPSA) is 133 Å². The van der Waals surface area contributed by atoms with Gasteiger partial charge in [0, 0.05) is 12.6 Å². The summed E-state index contributed by atoms with van der Waals surface area (Å²) in [4.78, 5) is 37.0. The van der Waals surface area contributed by atoms with Crippen LogP contribution >= 0.6 is 0 Å². The van der Waals surface area contributed by atoms with Gasteiger partial charge < -0.3 is 14.0 Å². The minimum Gasteiger partial charge on any atom is -0.731 e. The number of ether oxygens (including phenoxy) is 2. The summed E-state index contributed by atoms with van der Waals surface area (Å²) in [5, 5.41) is 0. The van der Waals surface area contributed by atoms with Crippen LogP contribution in [0.5, 0.6) is 0 Å². The van der Waals surface area contributed by atoms with Gasteiger partial charge in [0.15, 0.2) is 10.3 Å². The fourth-order valence-electron chi connectivity index (χ4n) is 3.07. The first-order valence-corrected chi connectivity index (χ1v) is 9.15. The summed E-state index contributed by atoms with van der Waals surface area (Å²) >= 11 is 0. The van der Waals surface area contributed by atoms with E-state index >= 15 is 0 Å². The van der Waals surface area contributed by atoms with Crippen LogP contribution in [0, 0.1) is 0 Å². The predicted octanol–water partition coefficient (Wildman–Crippen LogP) is -3.22. The van der Waals surface area contributed by atoms with Crippen molar-refractivity contribution >= 4 is 28.3 Å². The number of β-lactam (4-membered cyclic amide) rings is 1. The van der Waals surface area contributed by atoms with Gasteiger partial charge in [-0.1, -0.05) is 30.3 Å². The van der Waals surface area contributed by atoms with Crippen molar-refractivity contribution in [3.8, 4) is 0 Å². The third kappa shape index (κ3) is 4.23. The zero-order valence-corrected chi connectivity index (χ0v) is 17.9. The van der Waals surface area contributed by atoms with Crippen molar-refractivity contribution in [3.63, 3.8) is 0 Å². The van der Waals surface area contributed by atoms with Crippen molar-refractivity contribution in [3.05, 3.63) is 47.5 Å². The molecular weight excluding hydrogens is 403 g/mol. The summed E-state index contributed by atoms with van der Waals surface area (Å²) in [5.74, 6) is -1.84. The second kappa shape index (κ2) is 8.62. The maximum atomic E-state index is 12.4. The van der Waals surface area contributed by atoms with Crippen LogP contribution in [-0.2, 0) is 36.0 Å². The molecule has 12 heteroatoms. The molecule has 0 bridgehead atoms. The first-order valence-electron chi connectivity index (χ1n) is 7.79. The van der Waals surface area contributed by atoms with Crippen LogP contribution < -0.4 is 29.6 Å². The molecule has 0 radical (unpaired) electrons. The summed E-state index contributed by atoms with van der Waals surface area (Å²) in [5.41, 5.74) is 0.818. The molecule has 0 aliphatic carbocycles. The van der Waals surface area contributed by atoms with E-state index in [-0.39, 0.29) is 52.6 Å². The smallest absolute Gasteiger partial charge is 0.731 e. The maximum absolute atomic E-state index is 12.4. The number of methoxy groups -OCH3 is 1. The zero-order valence-electron chi connectivity index (χ0n) is 15.1. The SMILES string of the molecule is COC(=O)/C=C1\CN(C(=O)OCc2ccccc2)[C@@H]2C(=O)N(S(=O)(=O)[O-])[C@H]12.[Na+]. The summed E-state index contributed by atoms with van der Waals surface area (Å²) in [6, 6.07) is 6.35. The maximum Gasteiger partial charge on any atom is 1.00 e. The van der Waals surface area contributed by atoms with Gasteiger partial charge in [0.25, 0.3) is 5.91 Å². The zero-order chi connectivity index (χ0) is 19.8. The Morgan fingerprint density at radius 1 is 1.25 bits per heavy atom. The first kappa shape index (κ1) is 22.4. The monoisotopic (exact) mass is 418 g/mol. The van der Waals surface area contributed by atoms with E-state index in [1.165, 1.54) is 0 Å². The molecule has 2 saturated heterocycles. The number of rotatable bonds is 4. The van der Waals surface area contributed by atoms with E-state index in [1.807, 2.05) is 0 Å². The number of hydrogen-bond donors (Lipinski definition) is 0. The molecule has 1 aromatic rings. The molecule has 0 N–H and O–H groups in total. The number of carbonyl (C=O) groups excluding carboxylic acids is 3. The number of esters is 1. The minimum absolute atomic E-state index is 0. The standard InChI is InChI=1S/C16H16N2O8S.Na/c1-25-12(19)7-11-8-17(14-13(11)18(15(14)20)27(22,23)24)16(21)26-9-10-5-3-2-4-6-10;/h2-7,13-14H,8-9H2,1H3,(H,22,23,24);/q;+1/p-1/b11-7+;/t13-,14+;/m1./s1. The number of amides is 2. The summed E-state index contributed by atoms with van der Waals surface area (Å²) in [6.45, 7) is -0.294. The number of fused-ring (bicyclic) bond motifs is 1. The number of nitrogens with zero attached hydrogens (tertiary/aromatic N) is 2. The Bertz CT molecular complexity index is 918. The molecule has 10 nitrogen and oxygen atoms in total. The molecule has 144 valence electrons. The van der Waals surface area contributed by atoms with E-state index in [4.69, 9.17) is 4.74 Å². The molecule has 2 fully saturated rings. The quantitative estimate of drug-likeness (QED) is 0.164. The first-order chi connectivity index (χ1) is 12.7. The van der Waals surface area contributed by atoms with Gasteiger partial charge in [0.1, 0.15) is 12.6 Å². The summed E-state index contributed by atoms with van der Waals surface area (Å²) < 4.78 is 43.7. The van der Waals surface area contributed by atoms with Crippen molar-refractivity contribution in [1.82, 2.24) is 9.21 Å². The van der Waals surface area contributed by atoms with Crippen LogP contribution in [0.25, 0.3) is 0 Å². The number of benzene rings is 1. The molecule has 3 rings (SSSR count). The number of hydrogen-bond acceptors (Lipinski definition) is 8. The van der Waals surface area contributed by atoms with Crippen LogP contribution in [0.2, 0.25) is 0 Å². The van der Waals surface area contributed by atoms with Crippen molar-refractivity contribution < 1.29 is 66.4 Å². The molecule has 0 saturated carbocycles. The Labute approximate surface area is 183 Å². The third-order valence-corrected chi connectivity index (χ3v) is 5.16. The molecule has 28 heavy (non-hydrogen) atoms. The Kier molecular flexibility index (Phi) is 6.88.